The van der Waals surface area contributed by atoms with Gasteiger partial charge in [-0.3, -0.25) is 5.84 Å². The number of nitrogens with two attached hydrogens (primary N) is 1. The van der Waals surface area contributed by atoms with Crippen LogP contribution < -0.4 is 11.3 Å². The Morgan fingerprint density at radius 1 is 1.38 bits per heavy atom. The molecule has 16 heavy (non-hydrogen) atoms. The second-order valence-electron chi connectivity index (χ2n) is 3.32. The van der Waals surface area contributed by atoms with Crippen LogP contribution >= 0.6 is 11.6 Å². The molecule has 0 saturated heterocycles. The predicted molar refractivity (Wildman–Crippen MR) is 59.3 cm³/mol. The van der Waals surface area contributed by atoms with Crippen LogP contribution in [-0.2, 0) is 0 Å². The summed E-state index contributed by atoms with van der Waals surface area (Å²) in [6.07, 6.45) is 3.10. The molecule has 84 valence electrons. The third-order valence-corrected chi connectivity index (χ3v) is 2.64. The molecular formula is C11H10ClFN2O. The highest BCUT2D eigenvalue weighted by atomic mass is 35.5. The number of furan rings is 1. The van der Waals surface area contributed by atoms with Gasteiger partial charge in [0.1, 0.15) is 5.82 Å². The summed E-state index contributed by atoms with van der Waals surface area (Å²) in [6.45, 7) is 0. The van der Waals surface area contributed by atoms with Gasteiger partial charge in [0, 0.05) is 10.6 Å². The van der Waals surface area contributed by atoms with Crippen molar-refractivity contribution in [2.45, 2.75) is 6.04 Å². The summed E-state index contributed by atoms with van der Waals surface area (Å²) in [6, 6.07) is 5.64. The second-order valence-corrected chi connectivity index (χ2v) is 3.73. The predicted octanol–water partition coefficient (Wildman–Crippen LogP) is 2.62. The lowest BCUT2D eigenvalue weighted by molar-refractivity contribution is 0.553. The standard InChI is InChI=1S/C11H10ClFN2O/c12-10-5-8(13)1-2-9(10)11(15-14)7-3-4-16-6-7/h1-6,11,15H,14H2. The zero-order valence-corrected chi connectivity index (χ0v) is 9.04. The highest BCUT2D eigenvalue weighted by molar-refractivity contribution is 6.31. The van der Waals surface area contributed by atoms with Gasteiger partial charge in [-0.2, -0.15) is 0 Å². The third kappa shape index (κ3) is 2.09. The first-order valence-corrected chi connectivity index (χ1v) is 5.03. The fourth-order valence-corrected chi connectivity index (χ4v) is 1.82. The molecule has 0 spiro atoms. The number of benzene rings is 1. The van der Waals surface area contributed by atoms with Gasteiger partial charge in [-0.05, 0) is 23.8 Å². The molecule has 0 aliphatic heterocycles. The lowest BCUT2D eigenvalue weighted by Gasteiger charge is -2.15. The molecule has 0 aliphatic rings. The van der Waals surface area contributed by atoms with Crippen LogP contribution in [0.4, 0.5) is 4.39 Å². The topological polar surface area (TPSA) is 51.2 Å². The van der Waals surface area contributed by atoms with Crippen LogP contribution in [0.15, 0.2) is 41.2 Å². The van der Waals surface area contributed by atoms with Crippen molar-refractivity contribution in [1.82, 2.24) is 5.43 Å². The number of rotatable bonds is 3. The first-order chi connectivity index (χ1) is 7.72. The molecule has 0 aliphatic carbocycles. The molecule has 1 heterocycles. The minimum Gasteiger partial charge on any atom is -0.472 e. The molecule has 3 nitrogen and oxygen atoms in total. The van der Waals surface area contributed by atoms with Gasteiger partial charge in [0.25, 0.3) is 0 Å². The number of halogens is 2. The van der Waals surface area contributed by atoms with Gasteiger partial charge in [0.2, 0.25) is 0 Å². The van der Waals surface area contributed by atoms with E-state index < -0.39 is 0 Å². The summed E-state index contributed by atoms with van der Waals surface area (Å²) in [5, 5.41) is 0.323. The van der Waals surface area contributed by atoms with Crippen molar-refractivity contribution in [2.24, 2.45) is 5.84 Å². The van der Waals surface area contributed by atoms with E-state index in [0.29, 0.717) is 10.6 Å². The maximum atomic E-state index is 12.9. The minimum atomic E-state index is -0.378. The van der Waals surface area contributed by atoms with Crippen LogP contribution in [0, 0.1) is 5.82 Å². The lowest BCUT2D eigenvalue weighted by atomic mass is 10.0. The fraction of sp³-hybridized carbons (Fsp3) is 0.0909. The molecule has 5 heteroatoms. The quantitative estimate of drug-likeness (QED) is 0.641. The van der Waals surface area contributed by atoms with E-state index in [-0.39, 0.29) is 11.9 Å². The normalized spacial score (nSPS) is 12.7. The Morgan fingerprint density at radius 3 is 2.75 bits per heavy atom. The average Bonchev–Trinajstić information content (AvgIpc) is 2.75. The van der Waals surface area contributed by atoms with Crippen LogP contribution in [0.25, 0.3) is 0 Å². The molecule has 0 radical (unpaired) electrons. The Morgan fingerprint density at radius 2 is 2.19 bits per heavy atom. The largest absolute Gasteiger partial charge is 0.472 e. The summed E-state index contributed by atoms with van der Waals surface area (Å²) in [5.74, 6) is 5.08. The average molecular weight is 241 g/mol. The monoisotopic (exact) mass is 240 g/mol. The zero-order valence-electron chi connectivity index (χ0n) is 8.28. The van der Waals surface area contributed by atoms with E-state index in [4.69, 9.17) is 21.9 Å². The maximum Gasteiger partial charge on any atom is 0.124 e. The van der Waals surface area contributed by atoms with E-state index >= 15 is 0 Å². The summed E-state index contributed by atoms with van der Waals surface area (Å²) >= 11 is 5.95. The number of hydrazine groups is 1. The second kappa shape index (κ2) is 4.65. The summed E-state index contributed by atoms with van der Waals surface area (Å²) in [5.41, 5.74) is 4.14. The molecular weight excluding hydrogens is 231 g/mol. The van der Waals surface area contributed by atoms with Gasteiger partial charge in [0.05, 0.1) is 18.6 Å². The van der Waals surface area contributed by atoms with Gasteiger partial charge < -0.3 is 4.42 Å². The van der Waals surface area contributed by atoms with E-state index in [1.165, 1.54) is 18.4 Å². The number of hydrogen-bond acceptors (Lipinski definition) is 3. The van der Waals surface area contributed by atoms with Gasteiger partial charge >= 0.3 is 0 Å². The van der Waals surface area contributed by atoms with E-state index in [2.05, 4.69) is 5.43 Å². The van der Waals surface area contributed by atoms with Crippen molar-refractivity contribution in [1.29, 1.82) is 0 Å². The summed E-state index contributed by atoms with van der Waals surface area (Å²) < 4.78 is 17.9. The Balaban J connectivity index is 2.41. The number of hydrogen-bond donors (Lipinski definition) is 2. The Kier molecular flexibility index (Phi) is 3.24. The highest BCUT2D eigenvalue weighted by Gasteiger charge is 2.16. The van der Waals surface area contributed by atoms with Gasteiger partial charge in [0.15, 0.2) is 0 Å². The van der Waals surface area contributed by atoms with Crippen molar-refractivity contribution in [2.75, 3.05) is 0 Å². The molecule has 1 aromatic heterocycles. The first-order valence-electron chi connectivity index (χ1n) is 4.65. The number of nitrogens with one attached hydrogen (secondary N) is 1. The molecule has 2 rings (SSSR count). The fourth-order valence-electron chi connectivity index (χ4n) is 1.54. The molecule has 0 saturated carbocycles. The lowest BCUT2D eigenvalue weighted by Crippen LogP contribution is -2.28. The van der Waals surface area contributed by atoms with Crippen molar-refractivity contribution in [3.8, 4) is 0 Å². The molecule has 1 aromatic carbocycles. The van der Waals surface area contributed by atoms with Crippen LogP contribution in [0.2, 0.25) is 5.02 Å². The van der Waals surface area contributed by atoms with Crippen molar-refractivity contribution < 1.29 is 8.81 Å². The van der Waals surface area contributed by atoms with Crippen LogP contribution in [0.5, 0.6) is 0 Å². The smallest absolute Gasteiger partial charge is 0.124 e. The maximum absolute atomic E-state index is 12.9. The summed E-state index contributed by atoms with van der Waals surface area (Å²) in [7, 11) is 0. The Hall–Kier alpha value is -1.36. The van der Waals surface area contributed by atoms with Crippen molar-refractivity contribution in [3.63, 3.8) is 0 Å². The SMILES string of the molecule is NNC(c1ccoc1)c1ccc(F)cc1Cl. The van der Waals surface area contributed by atoms with Gasteiger partial charge in [-0.1, -0.05) is 17.7 Å². The Labute approximate surface area is 97.0 Å². The zero-order chi connectivity index (χ0) is 11.5. The molecule has 0 bridgehead atoms. The molecule has 2 aromatic rings. The Bertz CT molecular complexity index is 473. The van der Waals surface area contributed by atoms with E-state index in [9.17, 15) is 4.39 Å². The first kappa shape index (κ1) is 11.1. The van der Waals surface area contributed by atoms with Gasteiger partial charge in [-0.15, -0.1) is 0 Å². The molecule has 3 N–H and O–H groups in total. The van der Waals surface area contributed by atoms with Crippen LogP contribution in [-0.4, -0.2) is 0 Å². The molecule has 0 amide bonds. The minimum absolute atomic E-state index is 0.313. The summed E-state index contributed by atoms with van der Waals surface area (Å²) in [4.78, 5) is 0. The van der Waals surface area contributed by atoms with Crippen LogP contribution in [0.1, 0.15) is 17.2 Å². The van der Waals surface area contributed by atoms with Crippen molar-refractivity contribution in [3.05, 3.63) is 58.8 Å². The molecule has 1 unspecified atom stereocenters. The van der Waals surface area contributed by atoms with Crippen molar-refractivity contribution >= 4 is 11.6 Å². The van der Waals surface area contributed by atoms with Crippen LogP contribution in [0.3, 0.4) is 0 Å². The third-order valence-electron chi connectivity index (χ3n) is 2.32. The van der Waals surface area contributed by atoms with E-state index in [1.54, 1.807) is 18.4 Å². The molecule has 1 atom stereocenters. The highest BCUT2D eigenvalue weighted by Crippen LogP contribution is 2.28. The van der Waals surface area contributed by atoms with E-state index in [1.807, 2.05) is 0 Å². The van der Waals surface area contributed by atoms with Gasteiger partial charge in [-0.25, -0.2) is 9.82 Å². The van der Waals surface area contributed by atoms with E-state index in [0.717, 1.165) is 5.56 Å². The molecule has 0 fully saturated rings.